The third kappa shape index (κ3) is 6.49. The normalized spacial score (nSPS) is 12.6. The van der Waals surface area contributed by atoms with E-state index in [1.54, 1.807) is 24.3 Å². The molecule has 3 N–H and O–H groups in total. The van der Waals surface area contributed by atoms with Gasteiger partial charge >= 0.3 is 6.03 Å². The van der Waals surface area contributed by atoms with Gasteiger partial charge in [-0.1, -0.05) is 71.3 Å². The molecular weight excluding hydrogens is 502 g/mol. The molecule has 3 aromatic rings. The number of carbonyl (C=O) groups excluding carboxylic acids is 2. The maximum atomic E-state index is 12.9. The Bertz CT molecular complexity index is 1040. The SMILES string of the molecule is CC[C@H](C)[C@@H](NC(=O)Nc1ccc(Br)cc1)C(=O)Nc1nnc(-c2ccc(Cl)cc2)s1. The predicted octanol–water partition coefficient (Wildman–Crippen LogP) is 5.80. The van der Waals surface area contributed by atoms with Gasteiger partial charge in [0.05, 0.1) is 0 Å². The van der Waals surface area contributed by atoms with E-state index in [-0.39, 0.29) is 11.8 Å². The fourth-order valence-corrected chi connectivity index (χ4v) is 3.85. The van der Waals surface area contributed by atoms with Crippen molar-refractivity contribution in [2.24, 2.45) is 5.92 Å². The van der Waals surface area contributed by atoms with Gasteiger partial charge in [-0.25, -0.2) is 4.79 Å². The van der Waals surface area contributed by atoms with E-state index in [1.807, 2.05) is 38.1 Å². The lowest BCUT2D eigenvalue weighted by Gasteiger charge is -2.23. The van der Waals surface area contributed by atoms with Crippen molar-refractivity contribution in [1.29, 1.82) is 0 Å². The standard InChI is InChI=1S/C21H21BrClN5O2S/c1-3-12(2)17(25-20(30)24-16-10-6-14(22)7-11-16)18(29)26-21-28-27-19(31-21)13-4-8-15(23)9-5-13/h4-12,17H,3H2,1-2H3,(H2,24,25,30)(H,26,28,29)/t12-,17+/m0/s1. The quantitative estimate of drug-likeness (QED) is 0.366. The zero-order chi connectivity index (χ0) is 22.4. The van der Waals surface area contributed by atoms with E-state index in [2.05, 4.69) is 42.1 Å². The topological polar surface area (TPSA) is 96.0 Å². The molecule has 0 aliphatic carbocycles. The van der Waals surface area contributed by atoms with Gasteiger partial charge in [0.25, 0.3) is 0 Å². The maximum absolute atomic E-state index is 12.9. The van der Waals surface area contributed by atoms with Crippen molar-refractivity contribution in [2.75, 3.05) is 10.6 Å². The summed E-state index contributed by atoms with van der Waals surface area (Å²) < 4.78 is 0.908. The highest BCUT2D eigenvalue weighted by Gasteiger charge is 2.27. The molecule has 0 fully saturated rings. The van der Waals surface area contributed by atoms with Crippen LogP contribution in [-0.2, 0) is 4.79 Å². The number of benzene rings is 2. The first-order valence-corrected chi connectivity index (χ1v) is 11.6. The second-order valence-corrected chi connectivity index (χ2v) is 9.21. The first-order valence-electron chi connectivity index (χ1n) is 9.59. The Labute approximate surface area is 197 Å². The number of hydrogen-bond donors (Lipinski definition) is 3. The summed E-state index contributed by atoms with van der Waals surface area (Å²) in [6, 6.07) is 13.2. The fraction of sp³-hybridized carbons (Fsp3) is 0.238. The molecule has 2 atom stereocenters. The third-order valence-electron chi connectivity index (χ3n) is 4.63. The molecule has 0 aliphatic rings. The van der Waals surface area contributed by atoms with Crippen LogP contribution in [-0.4, -0.2) is 28.2 Å². The number of anilines is 2. The molecule has 0 saturated carbocycles. The molecular formula is C21H21BrClN5O2S. The minimum absolute atomic E-state index is 0.0840. The van der Waals surface area contributed by atoms with Crippen LogP contribution in [0.2, 0.25) is 5.02 Å². The van der Waals surface area contributed by atoms with Crippen molar-refractivity contribution in [3.05, 3.63) is 58.0 Å². The van der Waals surface area contributed by atoms with Crippen molar-refractivity contribution in [1.82, 2.24) is 15.5 Å². The van der Waals surface area contributed by atoms with Crippen LogP contribution < -0.4 is 16.0 Å². The van der Waals surface area contributed by atoms with E-state index >= 15 is 0 Å². The van der Waals surface area contributed by atoms with Crippen molar-refractivity contribution < 1.29 is 9.59 Å². The van der Waals surface area contributed by atoms with Crippen LogP contribution >= 0.6 is 38.9 Å². The lowest BCUT2D eigenvalue weighted by atomic mass is 9.98. The summed E-state index contributed by atoms with van der Waals surface area (Å²) in [7, 11) is 0. The predicted molar refractivity (Wildman–Crippen MR) is 129 cm³/mol. The van der Waals surface area contributed by atoms with Crippen LogP contribution in [0.1, 0.15) is 20.3 Å². The van der Waals surface area contributed by atoms with Gasteiger partial charge < -0.3 is 10.6 Å². The van der Waals surface area contributed by atoms with Crippen molar-refractivity contribution in [3.8, 4) is 10.6 Å². The van der Waals surface area contributed by atoms with E-state index in [0.717, 1.165) is 10.0 Å². The zero-order valence-corrected chi connectivity index (χ0v) is 20.0. The Morgan fingerprint density at radius 2 is 1.74 bits per heavy atom. The van der Waals surface area contributed by atoms with Gasteiger partial charge in [0.15, 0.2) is 0 Å². The Morgan fingerprint density at radius 1 is 1.06 bits per heavy atom. The van der Waals surface area contributed by atoms with E-state index in [1.165, 1.54) is 11.3 Å². The summed E-state index contributed by atoms with van der Waals surface area (Å²) >= 11 is 10.5. The van der Waals surface area contributed by atoms with Crippen LogP contribution in [0, 0.1) is 5.92 Å². The molecule has 0 bridgehead atoms. The number of amides is 3. The van der Waals surface area contributed by atoms with Crippen molar-refractivity contribution in [2.45, 2.75) is 26.3 Å². The molecule has 3 amide bonds. The molecule has 7 nitrogen and oxygen atoms in total. The lowest BCUT2D eigenvalue weighted by molar-refractivity contribution is -0.119. The molecule has 162 valence electrons. The third-order valence-corrected chi connectivity index (χ3v) is 6.30. The molecule has 10 heteroatoms. The number of carbonyl (C=O) groups is 2. The van der Waals surface area contributed by atoms with E-state index in [0.29, 0.717) is 27.3 Å². The molecule has 0 radical (unpaired) electrons. The monoisotopic (exact) mass is 521 g/mol. The number of rotatable bonds is 7. The summed E-state index contributed by atoms with van der Waals surface area (Å²) in [4.78, 5) is 25.3. The summed E-state index contributed by atoms with van der Waals surface area (Å²) in [6.07, 6.45) is 0.711. The lowest BCUT2D eigenvalue weighted by Crippen LogP contribution is -2.49. The highest BCUT2D eigenvalue weighted by molar-refractivity contribution is 9.10. The number of nitrogens with zero attached hydrogens (tertiary/aromatic N) is 2. The van der Waals surface area contributed by atoms with Crippen LogP contribution in [0.4, 0.5) is 15.6 Å². The Morgan fingerprint density at radius 3 is 2.39 bits per heavy atom. The number of hydrogen-bond acceptors (Lipinski definition) is 5. The average molecular weight is 523 g/mol. The summed E-state index contributed by atoms with van der Waals surface area (Å²) in [5.41, 5.74) is 1.48. The first-order chi connectivity index (χ1) is 14.9. The fourth-order valence-electron chi connectivity index (χ4n) is 2.71. The van der Waals surface area contributed by atoms with Gasteiger partial charge in [-0.2, -0.15) is 0 Å². The van der Waals surface area contributed by atoms with E-state index < -0.39 is 12.1 Å². The van der Waals surface area contributed by atoms with Gasteiger partial charge in [-0.15, -0.1) is 10.2 Å². The van der Waals surface area contributed by atoms with E-state index in [4.69, 9.17) is 11.6 Å². The van der Waals surface area contributed by atoms with Crippen molar-refractivity contribution in [3.63, 3.8) is 0 Å². The van der Waals surface area contributed by atoms with Crippen molar-refractivity contribution >= 4 is 61.6 Å². The molecule has 1 aromatic heterocycles. The molecule has 2 aromatic carbocycles. The van der Waals surface area contributed by atoms with Gasteiger partial charge in [0.1, 0.15) is 11.0 Å². The Kier molecular flexibility index (Phi) is 8.00. The van der Waals surface area contributed by atoms with E-state index in [9.17, 15) is 9.59 Å². The smallest absolute Gasteiger partial charge is 0.319 e. The Hall–Kier alpha value is -2.49. The minimum Gasteiger partial charge on any atom is -0.326 e. The molecule has 0 saturated heterocycles. The average Bonchev–Trinajstić information content (AvgIpc) is 3.22. The van der Waals surface area contributed by atoms with Gasteiger partial charge in [-0.3, -0.25) is 10.1 Å². The number of aromatic nitrogens is 2. The zero-order valence-electron chi connectivity index (χ0n) is 16.9. The number of nitrogens with one attached hydrogen (secondary N) is 3. The molecule has 3 rings (SSSR count). The van der Waals surface area contributed by atoms with Gasteiger partial charge in [0.2, 0.25) is 11.0 Å². The molecule has 0 spiro atoms. The summed E-state index contributed by atoms with van der Waals surface area (Å²) in [5, 5.41) is 18.1. The largest absolute Gasteiger partial charge is 0.326 e. The van der Waals surface area contributed by atoms with Gasteiger partial charge in [-0.05, 0) is 42.3 Å². The van der Waals surface area contributed by atoms with Crippen LogP contribution in [0.5, 0.6) is 0 Å². The number of urea groups is 1. The highest BCUT2D eigenvalue weighted by atomic mass is 79.9. The summed E-state index contributed by atoms with van der Waals surface area (Å²) in [5.74, 6) is -0.432. The summed E-state index contributed by atoms with van der Waals surface area (Å²) in [6.45, 7) is 3.87. The minimum atomic E-state index is -0.733. The Balaban J connectivity index is 1.66. The molecule has 0 aliphatic heterocycles. The second-order valence-electron chi connectivity index (χ2n) is 6.88. The number of halogens is 2. The van der Waals surface area contributed by atoms with Crippen LogP contribution in [0.25, 0.3) is 10.6 Å². The molecule has 31 heavy (non-hydrogen) atoms. The molecule has 0 unspecified atom stereocenters. The van der Waals surface area contributed by atoms with Crippen LogP contribution in [0.15, 0.2) is 53.0 Å². The molecule has 1 heterocycles. The first kappa shape index (κ1) is 23.2. The second kappa shape index (κ2) is 10.7. The maximum Gasteiger partial charge on any atom is 0.319 e. The van der Waals surface area contributed by atoms with Crippen LogP contribution in [0.3, 0.4) is 0 Å². The highest BCUT2D eigenvalue weighted by Crippen LogP contribution is 2.27. The van der Waals surface area contributed by atoms with Gasteiger partial charge in [0, 0.05) is 20.7 Å².